The molecule has 4 rings (SSSR count). The SMILES string of the molecule is Cn1c(=O)c(=O)n(C)c2cc3[nH]c(-c4ccncc4)nc3cc21. The number of pyridine rings is 1. The first-order valence-electron chi connectivity index (χ1n) is 7.06. The van der Waals surface area contributed by atoms with E-state index in [-0.39, 0.29) is 0 Å². The number of nitrogens with zero attached hydrogens (tertiary/aromatic N) is 4. The lowest BCUT2D eigenvalue weighted by atomic mass is 10.2. The Labute approximate surface area is 129 Å². The van der Waals surface area contributed by atoms with E-state index in [2.05, 4.69) is 15.0 Å². The van der Waals surface area contributed by atoms with Crippen molar-refractivity contribution in [3.05, 3.63) is 57.4 Å². The Morgan fingerprint density at radius 2 is 1.57 bits per heavy atom. The van der Waals surface area contributed by atoms with Crippen molar-refractivity contribution in [3.63, 3.8) is 0 Å². The zero-order chi connectivity index (χ0) is 16.1. The molecule has 1 N–H and O–H groups in total. The van der Waals surface area contributed by atoms with Gasteiger partial charge in [0, 0.05) is 32.1 Å². The Balaban J connectivity index is 2.09. The van der Waals surface area contributed by atoms with Crippen LogP contribution >= 0.6 is 0 Å². The minimum Gasteiger partial charge on any atom is -0.338 e. The second-order valence-corrected chi connectivity index (χ2v) is 5.41. The predicted molar refractivity (Wildman–Crippen MR) is 87.3 cm³/mol. The summed E-state index contributed by atoms with van der Waals surface area (Å²) in [5.74, 6) is 0.715. The van der Waals surface area contributed by atoms with Crippen molar-refractivity contribution in [1.82, 2.24) is 24.1 Å². The molecule has 23 heavy (non-hydrogen) atoms. The summed E-state index contributed by atoms with van der Waals surface area (Å²) in [5, 5.41) is 0. The molecule has 0 aliphatic carbocycles. The molecule has 0 saturated carbocycles. The normalized spacial score (nSPS) is 11.4. The van der Waals surface area contributed by atoms with Crippen molar-refractivity contribution in [2.45, 2.75) is 0 Å². The number of hydrogen-bond donors (Lipinski definition) is 1. The highest BCUT2D eigenvalue weighted by Crippen LogP contribution is 2.23. The number of hydrogen-bond acceptors (Lipinski definition) is 4. The zero-order valence-electron chi connectivity index (χ0n) is 12.6. The van der Waals surface area contributed by atoms with Crippen molar-refractivity contribution in [3.8, 4) is 11.4 Å². The van der Waals surface area contributed by atoms with E-state index in [1.165, 1.54) is 9.13 Å². The van der Waals surface area contributed by atoms with Gasteiger partial charge in [0.05, 0.1) is 22.1 Å². The van der Waals surface area contributed by atoms with Crippen LogP contribution in [0.3, 0.4) is 0 Å². The predicted octanol–water partition coefficient (Wildman–Crippen LogP) is 1.18. The molecule has 0 amide bonds. The fraction of sp³-hybridized carbons (Fsp3) is 0.125. The first-order valence-corrected chi connectivity index (χ1v) is 7.06. The van der Waals surface area contributed by atoms with E-state index >= 15 is 0 Å². The molecule has 0 radical (unpaired) electrons. The third-order valence-electron chi connectivity index (χ3n) is 4.05. The molecule has 1 aromatic carbocycles. The third kappa shape index (κ3) is 1.90. The van der Waals surface area contributed by atoms with Gasteiger partial charge in [-0.2, -0.15) is 0 Å². The van der Waals surface area contributed by atoms with Crippen molar-refractivity contribution in [2.24, 2.45) is 14.1 Å². The number of fused-ring (bicyclic) bond motifs is 2. The number of aryl methyl sites for hydroxylation is 2. The first kappa shape index (κ1) is 13.4. The maximum Gasteiger partial charge on any atom is 0.316 e. The Kier molecular flexibility index (Phi) is 2.71. The Morgan fingerprint density at radius 1 is 0.957 bits per heavy atom. The number of aromatic amines is 1. The molecule has 4 aromatic rings. The summed E-state index contributed by atoms with van der Waals surface area (Å²) in [4.78, 5) is 35.7. The van der Waals surface area contributed by atoms with Crippen LogP contribution in [0.4, 0.5) is 0 Å². The van der Waals surface area contributed by atoms with E-state index < -0.39 is 11.1 Å². The van der Waals surface area contributed by atoms with E-state index in [0.29, 0.717) is 16.9 Å². The van der Waals surface area contributed by atoms with E-state index in [0.717, 1.165) is 16.6 Å². The molecule has 0 saturated heterocycles. The van der Waals surface area contributed by atoms with Crippen LogP contribution in [0.2, 0.25) is 0 Å². The average Bonchev–Trinajstić information content (AvgIpc) is 3.00. The highest BCUT2D eigenvalue weighted by Gasteiger charge is 2.12. The second-order valence-electron chi connectivity index (χ2n) is 5.41. The topological polar surface area (TPSA) is 85.6 Å². The van der Waals surface area contributed by atoms with Crippen molar-refractivity contribution in [1.29, 1.82) is 0 Å². The summed E-state index contributed by atoms with van der Waals surface area (Å²) in [6, 6.07) is 7.38. The molecule has 3 aromatic heterocycles. The number of aromatic nitrogens is 5. The largest absolute Gasteiger partial charge is 0.338 e. The number of benzene rings is 1. The molecule has 0 atom stereocenters. The monoisotopic (exact) mass is 307 g/mol. The van der Waals surface area contributed by atoms with Gasteiger partial charge in [0.2, 0.25) is 0 Å². The van der Waals surface area contributed by atoms with Crippen molar-refractivity contribution in [2.75, 3.05) is 0 Å². The van der Waals surface area contributed by atoms with Gasteiger partial charge < -0.3 is 14.1 Å². The van der Waals surface area contributed by atoms with E-state index in [4.69, 9.17) is 0 Å². The first-order chi connectivity index (χ1) is 11.1. The fourth-order valence-electron chi connectivity index (χ4n) is 2.72. The number of imidazole rings is 1. The number of rotatable bonds is 1. The van der Waals surface area contributed by atoms with Crippen LogP contribution in [0.15, 0.2) is 46.2 Å². The Hall–Kier alpha value is -3.22. The number of H-pyrrole nitrogens is 1. The standard InChI is InChI=1S/C16H13N5O2/c1-20-12-7-10-11(8-13(12)21(2)16(23)15(20)22)19-14(18-10)9-3-5-17-6-4-9/h3-8H,1-2H3,(H,18,19). The summed E-state index contributed by atoms with van der Waals surface area (Å²) >= 11 is 0. The van der Waals surface area contributed by atoms with E-state index in [1.54, 1.807) is 26.5 Å². The molecular weight excluding hydrogens is 294 g/mol. The molecule has 0 fully saturated rings. The molecule has 0 spiro atoms. The van der Waals surface area contributed by atoms with Gasteiger partial charge in [0.15, 0.2) is 0 Å². The van der Waals surface area contributed by atoms with Crippen LogP contribution in [0, 0.1) is 0 Å². The van der Waals surface area contributed by atoms with Gasteiger partial charge in [0.25, 0.3) is 0 Å². The highest BCUT2D eigenvalue weighted by molar-refractivity contribution is 5.92. The average molecular weight is 307 g/mol. The highest BCUT2D eigenvalue weighted by atomic mass is 16.2. The minimum absolute atomic E-state index is 0.548. The van der Waals surface area contributed by atoms with Crippen molar-refractivity contribution >= 4 is 22.1 Å². The van der Waals surface area contributed by atoms with Crippen LogP contribution in [-0.4, -0.2) is 24.1 Å². The van der Waals surface area contributed by atoms with Gasteiger partial charge in [0.1, 0.15) is 5.82 Å². The molecule has 0 aliphatic heterocycles. The second kappa shape index (κ2) is 4.64. The van der Waals surface area contributed by atoms with Gasteiger partial charge in [-0.15, -0.1) is 0 Å². The lowest BCUT2D eigenvalue weighted by molar-refractivity contribution is 0.799. The Bertz CT molecular complexity index is 1100. The fourth-order valence-corrected chi connectivity index (χ4v) is 2.72. The maximum atomic E-state index is 12.0. The van der Waals surface area contributed by atoms with Crippen LogP contribution in [0.25, 0.3) is 33.5 Å². The zero-order valence-corrected chi connectivity index (χ0v) is 12.6. The lowest BCUT2D eigenvalue weighted by Crippen LogP contribution is -2.39. The minimum atomic E-state index is -0.552. The van der Waals surface area contributed by atoms with Crippen LogP contribution < -0.4 is 11.1 Å². The molecule has 3 heterocycles. The smallest absolute Gasteiger partial charge is 0.316 e. The van der Waals surface area contributed by atoms with Gasteiger partial charge in [-0.3, -0.25) is 14.6 Å². The van der Waals surface area contributed by atoms with Gasteiger partial charge in [-0.1, -0.05) is 0 Å². The number of nitrogens with one attached hydrogen (secondary N) is 1. The maximum absolute atomic E-state index is 12.0. The molecular formula is C16H13N5O2. The molecule has 7 nitrogen and oxygen atoms in total. The summed E-state index contributed by atoms with van der Waals surface area (Å²) in [6.07, 6.45) is 3.40. The molecule has 0 unspecified atom stereocenters. The van der Waals surface area contributed by atoms with Gasteiger partial charge in [-0.05, 0) is 24.3 Å². The summed E-state index contributed by atoms with van der Waals surface area (Å²) in [7, 11) is 3.19. The van der Waals surface area contributed by atoms with Crippen LogP contribution in [0.1, 0.15) is 0 Å². The van der Waals surface area contributed by atoms with Crippen molar-refractivity contribution < 1.29 is 0 Å². The van der Waals surface area contributed by atoms with E-state index in [9.17, 15) is 9.59 Å². The summed E-state index contributed by atoms with van der Waals surface area (Å²) in [6.45, 7) is 0. The summed E-state index contributed by atoms with van der Waals surface area (Å²) in [5.41, 5.74) is 2.70. The van der Waals surface area contributed by atoms with Gasteiger partial charge in [-0.25, -0.2) is 4.98 Å². The Morgan fingerprint density at radius 3 is 2.22 bits per heavy atom. The molecule has 114 valence electrons. The lowest BCUT2D eigenvalue weighted by Gasteiger charge is -2.08. The third-order valence-corrected chi connectivity index (χ3v) is 4.05. The van der Waals surface area contributed by atoms with Crippen LogP contribution in [-0.2, 0) is 14.1 Å². The molecule has 7 heteroatoms. The summed E-state index contributed by atoms with van der Waals surface area (Å²) < 4.78 is 2.72. The quantitative estimate of drug-likeness (QED) is 0.535. The molecule has 0 bridgehead atoms. The van der Waals surface area contributed by atoms with Crippen LogP contribution in [0.5, 0.6) is 0 Å². The van der Waals surface area contributed by atoms with Gasteiger partial charge >= 0.3 is 11.1 Å². The molecule has 0 aliphatic rings. The van der Waals surface area contributed by atoms with E-state index in [1.807, 2.05) is 24.3 Å².